The van der Waals surface area contributed by atoms with Gasteiger partial charge in [-0.25, -0.2) is 4.98 Å². The maximum Gasteiger partial charge on any atom is 0.135 e. The van der Waals surface area contributed by atoms with E-state index in [9.17, 15) is 0 Å². The Morgan fingerprint density at radius 1 is 0.673 bits per heavy atom. The van der Waals surface area contributed by atoms with Gasteiger partial charge in [0, 0.05) is 79.0 Å². The molecule has 0 saturated carbocycles. The number of benzene rings is 5. The van der Waals surface area contributed by atoms with Gasteiger partial charge in [-0.1, -0.05) is 62.7 Å². The van der Waals surface area contributed by atoms with Gasteiger partial charge in [0.15, 0.2) is 0 Å². The number of pyridine rings is 1. The number of para-hydroxylation sites is 2. The van der Waals surface area contributed by atoms with E-state index in [1.54, 1.807) is 0 Å². The summed E-state index contributed by atoms with van der Waals surface area (Å²) in [4.78, 5) is 9.15. The second-order valence-electron chi connectivity index (χ2n) is 13.6. The van der Waals surface area contributed by atoms with Crippen LogP contribution in [0.1, 0.15) is 26.3 Å². The molecule has 0 saturated heterocycles. The van der Waals surface area contributed by atoms with Crippen LogP contribution in [0.4, 0.5) is 17.1 Å². The Kier molecular flexibility index (Phi) is 7.35. The van der Waals surface area contributed by atoms with Crippen LogP contribution in [0.15, 0.2) is 109 Å². The Balaban J connectivity index is 0.00000348. The van der Waals surface area contributed by atoms with Crippen LogP contribution in [0.2, 0.25) is 0 Å². The summed E-state index contributed by atoms with van der Waals surface area (Å²) in [7, 11) is 4.22. The molecule has 4 heterocycles. The molecule has 1 aliphatic heterocycles. The van der Waals surface area contributed by atoms with Gasteiger partial charge in [-0.2, -0.15) is 18.8 Å². The molecule has 0 fully saturated rings. The van der Waals surface area contributed by atoms with Crippen molar-refractivity contribution >= 4 is 60.7 Å². The molecule has 0 amide bonds. The molecule has 0 spiro atoms. The van der Waals surface area contributed by atoms with E-state index in [1.807, 2.05) is 24.4 Å². The molecule has 1 aliphatic rings. The van der Waals surface area contributed by atoms with E-state index in [4.69, 9.17) is 9.72 Å². The van der Waals surface area contributed by atoms with Crippen LogP contribution in [0.5, 0.6) is 11.5 Å². The summed E-state index contributed by atoms with van der Waals surface area (Å²) in [6.07, 6.45) is 1.90. The molecule has 246 valence electrons. The van der Waals surface area contributed by atoms with Gasteiger partial charge in [0.05, 0.1) is 5.52 Å². The average Bonchev–Trinajstić information content (AvgIpc) is 3.70. The third kappa shape index (κ3) is 5.00. The SMILES string of the molecule is CN1[CH-]N(c2[c-]c(Oc3[c-]c4c(cc3)c3ccccc3n4-c3cc(C(C)(C)C)ccn3)ccc2)c2cc3c(cc21)c1ccccc1n3C.[Pt]. The van der Waals surface area contributed by atoms with E-state index >= 15 is 0 Å². The summed E-state index contributed by atoms with van der Waals surface area (Å²) in [5, 5.41) is 4.76. The van der Waals surface area contributed by atoms with E-state index in [1.165, 1.54) is 27.4 Å². The molecule has 6 nitrogen and oxygen atoms in total. The zero-order chi connectivity index (χ0) is 32.7. The number of rotatable bonds is 4. The predicted molar refractivity (Wildman–Crippen MR) is 197 cm³/mol. The van der Waals surface area contributed by atoms with Gasteiger partial charge in [0.25, 0.3) is 0 Å². The zero-order valence-electron chi connectivity index (χ0n) is 27.9. The summed E-state index contributed by atoms with van der Waals surface area (Å²) in [6, 6.07) is 43.1. The van der Waals surface area contributed by atoms with Crippen molar-refractivity contribution in [2.45, 2.75) is 26.2 Å². The molecule has 49 heavy (non-hydrogen) atoms. The van der Waals surface area contributed by atoms with Crippen LogP contribution in [-0.4, -0.2) is 21.2 Å². The van der Waals surface area contributed by atoms with E-state index < -0.39 is 0 Å². The van der Waals surface area contributed by atoms with Gasteiger partial charge in [-0.15, -0.1) is 41.4 Å². The first-order chi connectivity index (χ1) is 23.2. The minimum atomic E-state index is -0.00164. The van der Waals surface area contributed by atoms with E-state index in [0.717, 1.165) is 44.7 Å². The van der Waals surface area contributed by atoms with E-state index in [2.05, 4.69) is 158 Å². The molecular weight excluding hydrogens is 786 g/mol. The number of fused-ring (bicyclic) bond motifs is 7. The van der Waals surface area contributed by atoms with Crippen LogP contribution in [0.3, 0.4) is 0 Å². The minimum Gasteiger partial charge on any atom is -0.509 e. The topological polar surface area (TPSA) is 38.5 Å². The third-order valence-corrected chi connectivity index (χ3v) is 9.57. The number of hydrogen-bond donors (Lipinski definition) is 0. The van der Waals surface area contributed by atoms with Gasteiger partial charge in [0.1, 0.15) is 5.82 Å². The number of ether oxygens (including phenoxy) is 1. The molecule has 8 aromatic rings. The molecule has 0 N–H and O–H groups in total. The fourth-order valence-electron chi connectivity index (χ4n) is 7.08. The standard InChI is InChI=1S/C42H34N5O.Pt/c1-42(2,3)27-19-20-43-41(21-27)47-36-16-9-7-13-31(36)33-18-17-30(23-38(33)47)48-29-12-10-11-28(22-29)46-26-44(4)39-24-34-32-14-6-8-15-35(32)45(5)37(34)25-40(39)46;/h6-21,24-26H,1-5H3;/q-3;. The van der Waals surface area contributed by atoms with Crippen LogP contribution < -0.4 is 14.5 Å². The van der Waals surface area contributed by atoms with Crippen molar-refractivity contribution in [3.8, 4) is 17.3 Å². The molecular formula is C42H34N5OPt-3. The Morgan fingerprint density at radius 3 is 2.20 bits per heavy atom. The molecule has 0 radical (unpaired) electrons. The van der Waals surface area contributed by atoms with Gasteiger partial charge >= 0.3 is 0 Å². The van der Waals surface area contributed by atoms with Crippen molar-refractivity contribution in [3.05, 3.63) is 134 Å². The molecule has 0 aliphatic carbocycles. The smallest absolute Gasteiger partial charge is 0.135 e. The van der Waals surface area contributed by atoms with Gasteiger partial charge in [0.2, 0.25) is 0 Å². The van der Waals surface area contributed by atoms with Crippen molar-refractivity contribution in [2.75, 3.05) is 16.8 Å². The van der Waals surface area contributed by atoms with Crippen molar-refractivity contribution in [1.29, 1.82) is 0 Å². The summed E-state index contributed by atoms with van der Waals surface area (Å²) >= 11 is 0. The average molecular weight is 820 g/mol. The van der Waals surface area contributed by atoms with Crippen LogP contribution >= 0.6 is 0 Å². The molecule has 0 unspecified atom stereocenters. The Bertz CT molecular complexity index is 2560. The summed E-state index contributed by atoms with van der Waals surface area (Å²) in [5.74, 6) is 2.10. The van der Waals surface area contributed by atoms with Crippen LogP contribution in [0.25, 0.3) is 49.4 Å². The largest absolute Gasteiger partial charge is 0.509 e. The van der Waals surface area contributed by atoms with Crippen molar-refractivity contribution in [2.24, 2.45) is 7.05 Å². The predicted octanol–water partition coefficient (Wildman–Crippen LogP) is 10.2. The van der Waals surface area contributed by atoms with Crippen LogP contribution in [0, 0.1) is 18.8 Å². The molecule has 7 heteroatoms. The molecule has 0 bridgehead atoms. The first kappa shape index (κ1) is 31.2. The normalized spacial score (nSPS) is 13.1. The van der Waals surface area contributed by atoms with Crippen molar-refractivity contribution < 1.29 is 25.8 Å². The first-order valence-corrected chi connectivity index (χ1v) is 16.3. The molecule has 0 atom stereocenters. The number of nitrogens with zero attached hydrogens (tertiary/aromatic N) is 5. The minimum absolute atomic E-state index is 0. The quantitative estimate of drug-likeness (QED) is 0.166. The number of aryl methyl sites for hydroxylation is 1. The zero-order valence-corrected chi connectivity index (χ0v) is 30.2. The third-order valence-electron chi connectivity index (χ3n) is 9.57. The number of anilines is 3. The number of aromatic nitrogens is 3. The van der Waals surface area contributed by atoms with Gasteiger partial charge < -0.3 is 23.7 Å². The second kappa shape index (κ2) is 11.5. The van der Waals surface area contributed by atoms with Crippen LogP contribution in [-0.2, 0) is 33.5 Å². The maximum absolute atomic E-state index is 6.49. The first-order valence-electron chi connectivity index (χ1n) is 16.3. The maximum atomic E-state index is 6.49. The monoisotopic (exact) mass is 819 g/mol. The van der Waals surface area contributed by atoms with E-state index in [0.29, 0.717) is 11.5 Å². The van der Waals surface area contributed by atoms with Crippen molar-refractivity contribution in [1.82, 2.24) is 14.1 Å². The molecule has 3 aromatic heterocycles. The Morgan fingerprint density at radius 2 is 1.41 bits per heavy atom. The summed E-state index contributed by atoms with van der Waals surface area (Å²) in [6.45, 7) is 8.78. The summed E-state index contributed by atoms with van der Waals surface area (Å²) in [5.41, 5.74) is 8.79. The fraction of sp³-hybridized carbons (Fsp3) is 0.143. The molecule has 9 rings (SSSR count). The fourth-order valence-corrected chi connectivity index (χ4v) is 7.08. The Hall–Kier alpha value is -5.06. The number of hydrogen-bond acceptors (Lipinski definition) is 4. The van der Waals surface area contributed by atoms with Gasteiger partial charge in [-0.3, -0.25) is 0 Å². The van der Waals surface area contributed by atoms with Gasteiger partial charge in [-0.05, 0) is 59.8 Å². The van der Waals surface area contributed by atoms with Crippen molar-refractivity contribution in [3.63, 3.8) is 0 Å². The summed E-state index contributed by atoms with van der Waals surface area (Å²) < 4.78 is 10.9. The van der Waals surface area contributed by atoms with E-state index in [-0.39, 0.29) is 26.5 Å². The molecule has 5 aromatic carbocycles. The Labute approximate surface area is 300 Å². The second-order valence-corrected chi connectivity index (χ2v) is 13.6.